The third-order valence-electron chi connectivity index (χ3n) is 5.20. The van der Waals surface area contributed by atoms with Crippen molar-refractivity contribution in [1.29, 1.82) is 0 Å². The fourth-order valence-electron chi connectivity index (χ4n) is 3.61. The molecule has 1 aliphatic rings. The van der Waals surface area contributed by atoms with E-state index in [0.717, 1.165) is 11.1 Å². The first-order valence-electron chi connectivity index (χ1n) is 9.18. The van der Waals surface area contributed by atoms with Gasteiger partial charge in [0.1, 0.15) is 0 Å². The smallest absolute Gasteiger partial charge is 0.264 e. The van der Waals surface area contributed by atoms with Crippen molar-refractivity contribution in [3.8, 4) is 0 Å². The Hall–Kier alpha value is -2.72. The van der Waals surface area contributed by atoms with Crippen molar-refractivity contribution in [1.82, 2.24) is 0 Å². The van der Waals surface area contributed by atoms with Crippen LogP contribution in [0.3, 0.4) is 0 Å². The zero-order chi connectivity index (χ0) is 19.8. The van der Waals surface area contributed by atoms with Crippen LogP contribution >= 0.6 is 0 Å². The Labute approximate surface area is 160 Å². The maximum absolute atomic E-state index is 13.1. The van der Waals surface area contributed by atoms with Gasteiger partial charge in [-0.2, -0.15) is 0 Å². The normalized spacial score (nSPS) is 18.7. The molecule has 0 aliphatic carbocycles. The van der Waals surface area contributed by atoms with Gasteiger partial charge in [0.2, 0.25) is 0 Å². The number of anilines is 1. The Morgan fingerprint density at radius 3 is 2.63 bits per heavy atom. The number of ketones is 1. The van der Waals surface area contributed by atoms with Crippen molar-refractivity contribution >= 4 is 17.4 Å². The summed E-state index contributed by atoms with van der Waals surface area (Å²) in [4.78, 5) is 27.5. The highest BCUT2D eigenvalue weighted by atomic mass is 16.3. The highest BCUT2D eigenvalue weighted by Crippen LogP contribution is 2.42. The summed E-state index contributed by atoms with van der Waals surface area (Å²) >= 11 is 0. The van der Waals surface area contributed by atoms with Gasteiger partial charge in [-0.15, -0.1) is 6.58 Å². The van der Waals surface area contributed by atoms with Crippen LogP contribution in [0.2, 0.25) is 0 Å². The summed E-state index contributed by atoms with van der Waals surface area (Å²) in [6.45, 7) is 9.97. The van der Waals surface area contributed by atoms with E-state index in [1.54, 1.807) is 24.3 Å². The minimum absolute atomic E-state index is 0.235. The Balaban J connectivity index is 2.00. The molecule has 0 bridgehead atoms. The van der Waals surface area contributed by atoms with Crippen molar-refractivity contribution in [3.05, 3.63) is 77.4 Å². The van der Waals surface area contributed by atoms with Crippen molar-refractivity contribution in [2.24, 2.45) is 0 Å². The molecule has 0 aromatic heterocycles. The number of benzene rings is 2. The van der Waals surface area contributed by atoms with Crippen molar-refractivity contribution in [3.63, 3.8) is 0 Å². The first kappa shape index (κ1) is 19.1. The van der Waals surface area contributed by atoms with E-state index >= 15 is 0 Å². The summed E-state index contributed by atoms with van der Waals surface area (Å²) < 4.78 is 0. The SMILES string of the molecule is C=CCN1C(=O)[C@@](O)(CC(=O)c2cc(C(C)C)ccc2C)c2ccccc21. The number of carbonyl (C=O) groups is 2. The lowest BCUT2D eigenvalue weighted by Crippen LogP contribution is -2.42. The molecule has 1 atom stereocenters. The fourth-order valence-corrected chi connectivity index (χ4v) is 3.61. The van der Waals surface area contributed by atoms with E-state index in [-0.39, 0.29) is 24.7 Å². The number of hydrogen-bond acceptors (Lipinski definition) is 3. The van der Waals surface area contributed by atoms with Gasteiger partial charge in [0, 0.05) is 17.7 Å². The minimum Gasteiger partial charge on any atom is -0.375 e. The van der Waals surface area contributed by atoms with Gasteiger partial charge in [0.15, 0.2) is 11.4 Å². The maximum atomic E-state index is 13.1. The lowest BCUT2D eigenvalue weighted by Gasteiger charge is -2.22. The van der Waals surface area contributed by atoms with Gasteiger partial charge < -0.3 is 10.0 Å². The second-order valence-electron chi connectivity index (χ2n) is 7.41. The van der Waals surface area contributed by atoms with Crippen LogP contribution < -0.4 is 4.90 Å². The maximum Gasteiger partial charge on any atom is 0.264 e. The van der Waals surface area contributed by atoms with E-state index in [2.05, 4.69) is 20.4 Å². The van der Waals surface area contributed by atoms with E-state index in [1.165, 1.54) is 4.90 Å². The number of fused-ring (bicyclic) bond motifs is 1. The van der Waals surface area contributed by atoms with Crippen LogP contribution in [0, 0.1) is 6.92 Å². The average molecular weight is 363 g/mol. The van der Waals surface area contributed by atoms with E-state index in [9.17, 15) is 14.7 Å². The molecule has 2 aromatic rings. The van der Waals surface area contributed by atoms with Gasteiger partial charge in [-0.05, 0) is 36.1 Å². The van der Waals surface area contributed by atoms with Crippen LogP contribution in [-0.2, 0) is 10.4 Å². The van der Waals surface area contributed by atoms with Crippen molar-refractivity contribution in [2.75, 3.05) is 11.4 Å². The van der Waals surface area contributed by atoms with E-state index in [0.29, 0.717) is 16.8 Å². The molecule has 1 aliphatic heterocycles. The minimum atomic E-state index is -1.85. The van der Waals surface area contributed by atoms with E-state index in [4.69, 9.17) is 0 Å². The highest BCUT2D eigenvalue weighted by molar-refractivity contribution is 6.11. The topological polar surface area (TPSA) is 57.6 Å². The Bertz CT molecular complexity index is 916. The first-order valence-corrected chi connectivity index (χ1v) is 9.18. The van der Waals surface area contributed by atoms with Crippen LogP contribution in [0.4, 0.5) is 5.69 Å². The van der Waals surface area contributed by atoms with Crippen LogP contribution in [0.1, 0.15) is 53.2 Å². The zero-order valence-electron chi connectivity index (χ0n) is 16.0. The highest BCUT2D eigenvalue weighted by Gasteiger charge is 2.50. The molecule has 2 aromatic carbocycles. The molecule has 27 heavy (non-hydrogen) atoms. The second-order valence-corrected chi connectivity index (χ2v) is 7.41. The molecule has 0 unspecified atom stereocenters. The molecule has 4 heteroatoms. The predicted molar refractivity (Wildman–Crippen MR) is 107 cm³/mol. The summed E-state index contributed by atoms with van der Waals surface area (Å²) in [6.07, 6.45) is 1.33. The lowest BCUT2D eigenvalue weighted by atomic mass is 9.86. The number of rotatable bonds is 6. The molecule has 140 valence electrons. The molecule has 1 heterocycles. The van der Waals surface area contributed by atoms with Gasteiger partial charge in [0.05, 0.1) is 12.1 Å². The molecule has 0 saturated carbocycles. The molecule has 0 saturated heterocycles. The molecular weight excluding hydrogens is 338 g/mol. The average Bonchev–Trinajstić information content (AvgIpc) is 2.84. The van der Waals surface area contributed by atoms with Crippen LogP contribution in [0.15, 0.2) is 55.1 Å². The van der Waals surface area contributed by atoms with Crippen molar-refractivity contribution < 1.29 is 14.7 Å². The second kappa shape index (κ2) is 7.12. The number of hydrogen-bond donors (Lipinski definition) is 1. The van der Waals surface area contributed by atoms with Gasteiger partial charge in [-0.25, -0.2) is 0 Å². The lowest BCUT2D eigenvalue weighted by molar-refractivity contribution is -0.135. The number of amides is 1. The number of carbonyl (C=O) groups excluding carboxylic acids is 2. The van der Waals surface area contributed by atoms with E-state index in [1.807, 2.05) is 31.2 Å². The molecule has 0 fully saturated rings. The third kappa shape index (κ3) is 3.21. The largest absolute Gasteiger partial charge is 0.375 e. The van der Waals surface area contributed by atoms with Crippen LogP contribution in [-0.4, -0.2) is 23.3 Å². The number of Topliss-reactive ketones (excluding diaryl/α,β-unsaturated/α-hetero) is 1. The quantitative estimate of drug-likeness (QED) is 0.621. The van der Waals surface area contributed by atoms with Gasteiger partial charge in [-0.3, -0.25) is 9.59 Å². The third-order valence-corrected chi connectivity index (χ3v) is 5.20. The van der Waals surface area contributed by atoms with Crippen molar-refractivity contribution in [2.45, 2.75) is 38.7 Å². The first-order chi connectivity index (χ1) is 12.8. The van der Waals surface area contributed by atoms with Gasteiger partial charge >= 0.3 is 0 Å². The van der Waals surface area contributed by atoms with Crippen LogP contribution in [0.25, 0.3) is 0 Å². The van der Waals surface area contributed by atoms with Gasteiger partial charge in [0.25, 0.3) is 5.91 Å². The number of nitrogens with zero attached hydrogens (tertiary/aromatic N) is 1. The standard InChI is InChI=1S/C23H25NO3/c1-5-12-24-20-9-7-6-8-19(20)23(27,22(24)26)14-21(25)18-13-17(15(2)3)11-10-16(18)4/h5-11,13,15,27H,1,12,14H2,2-4H3/t23-/m1/s1. The molecule has 0 spiro atoms. The molecule has 0 radical (unpaired) electrons. The molecular formula is C23H25NO3. The molecule has 1 amide bonds. The summed E-state index contributed by atoms with van der Waals surface area (Å²) in [5.41, 5.74) is 1.71. The van der Waals surface area contributed by atoms with Gasteiger partial charge in [-0.1, -0.05) is 50.3 Å². The Kier molecular flexibility index (Phi) is 5.03. The summed E-state index contributed by atoms with van der Waals surface area (Å²) in [5.74, 6) is -0.423. The van der Waals surface area contributed by atoms with E-state index < -0.39 is 11.5 Å². The molecule has 4 nitrogen and oxygen atoms in total. The number of aryl methyl sites for hydroxylation is 1. The number of aliphatic hydroxyl groups is 1. The molecule has 1 N–H and O–H groups in total. The molecule has 3 rings (SSSR count). The summed E-state index contributed by atoms with van der Waals surface area (Å²) in [7, 11) is 0. The fraction of sp³-hybridized carbons (Fsp3) is 0.304. The zero-order valence-corrected chi connectivity index (χ0v) is 16.0. The predicted octanol–water partition coefficient (Wildman–Crippen LogP) is 4.11. The summed E-state index contributed by atoms with van der Waals surface area (Å²) in [6, 6.07) is 12.9. The Morgan fingerprint density at radius 2 is 1.96 bits per heavy atom. The monoisotopic (exact) mass is 363 g/mol. The van der Waals surface area contributed by atoms with Crippen LogP contribution in [0.5, 0.6) is 0 Å². The number of para-hydroxylation sites is 1. The Morgan fingerprint density at radius 1 is 1.26 bits per heavy atom. The summed E-state index contributed by atoms with van der Waals surface area (Å²) in [5, 5.41) is 11.3.